The number of ether oxygens (including phenoxy) is 2. The van der Waals surface area contributed by atoms with Crippen LogP contribution in [0.2, 0.25) is 0 Å². The second-order valence-corrected chi connectivity index (χ2v) is 6.28. The molecule has 0 saturated heterocycles. The van der Waals surface area contributed by atoms with Gasteiger partial charge in [0.15, 0.2) is 6.10 Å². The minimum Gasteiger partial charge on any atom is -0.494 e. The van der Waals surface area contributed by atoms with Crippen molar-refractivity contribution >= 4 is 23.2 Å². The van der Waals surface area contributed by atoms with E-state index in [4.69, 9.17) is 9.47 Å². The third kappa shape index (κ3) is 4.53. The Bertz CT molecular complexity index is 819. The Morgan fingerprint density at radius 3 is 2.92 bits per heavy atom. The quantitative estimate of drug-likeness (QED) is 0.778. The van der Waals surface area contributed by atoms with Crippen LogP contribution in [0.15, 0.2) is 42.5 Å². The number of fused-ring (bicyclic) bond motifs is 1. The van der Waals surface area contributed by atoms with Crippen molar-refractivity contribution in [2.24, 2.45) is 0 Å². The molecular weight excluding hydrogens is 332 g/mol. The van der Waals surface area contributed by atoms with Crippen molar-refractivity contribution < 1.29 is 19.1 Å². The third-order valence-corrected chi connectivity index (χ3v) is 4.00. The molecule has 0 aromatic heterocycles. The predicted molar refractivity (Wildman–Crippen MR) is 99.7 cm³/mol. The van der Waals surface area contributed by atoms with Crippen LogP contribution in [0, 0.1) is 6.92 Å². The van der Waals surface area contributed by atoms with Crippen LogP contribution < -0.4 is 20.1 Å². The highest BCUT2D eigenvalue weighted by molar-refractivity contribution is 5.99. The summed E-state index contributed by atoms with van der Waals surface area (Å²) in [6.07, 6.45) is 0.446. The van der Waals surface area contributed by atoms with Crippen LogP contribution >= 0.6 is 0 Å². The molecule has 1 heterocycles. The predicted octanol–water partition coefficient (Wildman–Crippen LogP) is 3.51. The van der Waals surface area contributed by atoms with Gasteiger partial charge in [-0.05, 0) is 56.2 Å². The number of hydrogen-bond acceptors (Lipinski definition) is 4. The fourth-order valence-electron chi connectivity index (χ4n) is 2.64. The zero-order valence-electron chi connectivity index (χ0n) is 14.9. The highest BCUT2D eigenvalue weighted by atomic mass is 16.5. The zero-order valence-corrected chi connectivity index (χ0v) is 14.9. The van der Waals surface area contributed by atoms with Gasteiger partial charge in [-0.2, -0.15) is 0 Å². The van der Waals surface area contributed by atoms with Crippen molar-refractivity contribution in [3.05, 3.63) is 48.0 Å². The summed E-state index contributed by atoms with van der Waals surface area (Å²) in [5.74, 6) is 1.11. The van der Waals surface area contributed by atoms with Crippen LogP contribution in [-0.4, -0.2) is 24.5 Å². The lowest BCUT2D eigenvalue weighted by molar-refractivity contribution is -0.122. The summed E-state index contributed by atoms with van der Waals surface area (Å²) in [6.45, 7) is 4.17. The standard InChI is InChI=1S/C20H22N2O4/c1-13-5-3-6-16(11-13)25-10-4-7-19(23)21-15-8-9-18-17(12-15)22-20(24)14(2)26-18/h3,5-6,8-9,11-12,14H,4,7,10H2,1-2H3,(H,21,23)(H,22,24)/t14-/m0/s1. The molecule has 2 aromatic carbocycles. The summed E-state index contributed by atoms with van der Waals surface area (Å²) in [5, 5.41) is 5.59. The average molecular weight is 354 g/mol. The number of carbonyl (C=O) groups excluding carboxylic acids is 2. The van der Waals surface area contributed by atoms with E-state index < -0.39 is 6.10 Å². The molecule has 1 atom stereocenters. The highest BCUT2D eigenvalue weighted by Gasteiger charge is 2.23. The molecule has 6 nitrogen and oxygen atoms in total. The van der Waals surface area contributed by atoms with Crippen LogP contribution in [0.25, 0.3) is 0 Å². The van der Waals surface area contributed by atoms with Gasteiger partial charge in [-0.15, -0.1) is 0 Å². The Labute approximate surface area is 152 Å². The zero-order chi connectivity index (χ0) is 18.5. The van der Waals surface area contributed by atoms with Gasteiger partial charge in [-0.1, -0.05) is 12.1 Å². The van der Waals surface area contributed by atoms with Crippen molar-refractivity contribution in [3.8, 4) is 11.5 Å². The highest BCUT2D eigenvalue weighted by Crippen LogP contribution is 2.32. The summed E-state index contributed by atoms with van der Waals surface area (Å²) in [4.78, 5) is 23.7. The van der Waals surface area contributed by atoms with E-state index in [1.165, 1.54) is 0 Å². The molecule has 2 N–H and O–H groups in total. The molecular formula is C20H22N2O4. The monoisotopic (exact) mass is 354 g/mol. The van der Waals surface area contributed by atoms with Gasteiger partial charge in [0.2, 0.25) is 5.91 Å². The molecule has 0 spiro atoms. The Balaban J connectivity index is 1.46. The summed E-state index contributed by atoms with van der Waals surface area (Å²) in [7, 11) is 0. The Kier molecular flexibility index (Phi) is 5.41. The number of carbonyl (C=O) groups is 2. The molecule has 2 amide bonds. The SMILES string of the molecule is Cc1cccc(OCCCC(=O)Nc2ccc3c(c2)NC(=O)[C@H](C)O3)c1. The lowest BCUT2D eigenvalue weighted by Gasteiger charge is -2.23. The van der Waals surface area contributed by atoms with E-state index in [0.29, 0.717) is 36.6 Å². The molecule has 2 aromatic rings. The summed E-state index contributed by atoms with van der Waals surface area (Å²) < 4.78 is 11.1. The first-order valence-corrected chi connectivity index (χ1v) is 8.62. The minimum absolute atomic E-state index is 0.103. The van der Waals surface area contributed by atoms with E-state index in [9.17, 15) is 9.59 Å². The fraction of sp³-hybridized carbons (Fsp3) is 0.300. The van der Waals surface area contributed by atoms with Crippen LogP contribution in [0.5, 0.6) is 11.5 Å². The number of amides is 2. The molecule has 0 fully saturated rings. The number of hydrogen-bond donors (Lipinski definition) is 2. The molecule has 26 heavy (non-hydrogen) atoms. The lowest BCUT2D eigenvalue weighted by Crippen LogP contribution is -2.34. The van der Waals surface area contributed by atoms with E-state index in [0.717, 1.165) is 11.3 Å². The van der Waals surface area contributed by atoms with E-state index in [2.05, 4.69) is 10.6 Å². The maximum Gasteiger partial charge on any atom is 0.265 e. The Hall–Kier alpha value is -3.02. The number of anilines is 2. The van der Waals surface area contributed by atoms with Crippen LogP contribution in [0.4, 0.5) is 11.4 Å². The molecule has 0 aliphatic carbocycles. The van der Waals surface area contributed by atoms with Gasteiger partial charge in [0, 0.05) is 12.1 Å². The van der Waals surface area contributed by atoms with Crippen molar-refractivity contribution in [1.82, 2.24) is 0 Å². The second-order valence-electron chi connectivity index (χ2n) is 6.28. The Morgan fingerprint density at radius 1 is 1.27 bits per heavy atom. The summed E-state index contributed by atoms with van der Waals surface area (Å²) >= 11 is 0. The van der Waals surface area contributed by atoms with Crippen molar-refractivity contribution in [2.45, 2.75) is 32.8 Å². The molecule has 1 aliphatic heterocycles. The Morgan fingerprint density at radius 2 is 2.12 bits per heavy atom. The third-order valence-electron chi connectivity index (χ3n) is 4.00. The van der Waals surface area contributed by atoms with Gasteiger partial charge < -0.3 is 20.1 Å². The van der Waals surface area contributed by atoms with Crippen LogP contribution in [0.1, 0.15) is 25.3 Å². The maximum atomic E-state index is 12.1. The molecule has 6 heteroatoms. The van der Waals surface area contributed by atoms with Gasteiger partial charge in [0.1, 0.15) is 11.5 Å². The number of aryl methyl sites for hydroxylation is 1. The fourth-order valence-corrected chi connectivity index (χ4v) is 2.64. The van der Waals surface area contributed by atoms with Crippen molar-refractivity contribution in [3.63, 3.8) is 0 Å². The molecule has 0 radical (unpaired) electrons. The maximum absolute atomic E-state index is 12.1. The largest absolute Gasteiger partial charge is 0.494 e. The number of rotatable bonds is 6. The van der Waals surface area contributed by atoms with Gasteiger partial charge in [-0.3, -0.25) is 9.59 Å². The lowest BCUT2D eigenvalue weighted by atomic mass is 10.2. The molecule has 0 saturated carbocycles. The first kappa shape index (κ1) is 17.8. The normalized spacial score (nSPS) is 15.5. The van der Waals surface area contributed by atoms with Crippen molar-refractivity contribution in [1.29, 1.82) is 0 Å². The first-order chi connectivity index (χ1) is 12.5. The van der Waals surface area contributed by atoms with E-state index in [1.54, 1.807) is 25.1 Å². The van der Waals surface area contributed by atoms with Gasteiger partial charge in [-0.25, -0.2) is 0 Å². The molecule has 3 rings (SSSR count). The van der Waals surface area contributed by atoms with Crippen molar-refractivity contribution in [2.75, 3.05) is 17.2 Å². The van der Waals surface area contributed by atoms with Crippen LogP contribution in [-0.2, 0) is 9.59 Å². The van der Waals surface area contributed by atoms with Gasteiger partial charge in [0.25, 0.3) is 5.91 Å². The average Bonchev–Trinajstić information content (AvgIpc) is 2.60. The van der Waals surface area contributed by atoms with Gasteiger partial charge in [0.05, 0.1) is 12.3 Å². The molecule has 136 valence electrons. The smallest absolute Gasteiger partial charge is 0.265 e. The number of benzene rings is 2. The minimum atomic E-state index is -0.517. The van der Waals surface area contributed by atoms with Crippen LogP contribution in [0.3, 0.4) is 0 Å². The second kappa shape index (κ2) is 7.91. The van der Waals surface area contributed by atoms with E-state index >= 15 is 0 Å². The molecule has 0 bridgehead atoms. The van der Waals surface area contributed by atoms with Gasteiger partial charge >= 0.3 is 0 Å². The number of nitrogens with one attached hydrogen (secondary N) is 2. The molecule has 1 aliphatic rings. The van der Waals surface area contributed by atoms with E-state index in [1.807, 2.05) is 31.2 Å². The topological polar surface area (TPSA) is 76.7 Å². The molecule has 0 unspecified atom stereocenters. The first-order valence-electron chi connectivity index (χ1n) is 8.62. The summed E-state index contributed by atoms with van der Waals surface area (Å²) in [5.41, 5.74) is 2.32. The van der Waals surface area contributed by atoms with E-state index in [-0.39, 0.29) is 11.8 Å². The summed E-state index contributed by atoms with van der Waals surface area (Å²) in [6, 6.07) is 13.0.